The van der Waals surface area contributed by atoms with Gasteiger partial charge in [0.25, 0.3) is 0 Å². The second kappa shape index (κ2) is 12.5. The minimum atomic E-state index is -0.549. The van der Waals surface area contributed by atoms with E-state index in [0.29, 0.717) is 6.04 Å². The Morgan fingerprint density at radius 3 is 2.00 bits per heavy atom. The van der Waals surface area contributed by atoms with Gasteiger partial charge in [-0.25, -0.2) is 0 Å². The van der Waals surface area contributed by atoms with Crippen molar-refractivity contribution in [1.29, 1.82) is 0 Å². The lowest BCUT2D eigenvalue weighted by Gasteiger charge is -2.34. The van der Waals surface area contributed by atoms with Gasteiger partial charge in [0.1, 0.15) is 0 Å². The second-order valence-electron chi connectivity index (χ2n) is 8.56. The van der Waals surface area contributed by atoms with Crippen LogP contribution in [-0.4, -0.2) is 35.0 Å². The van der Waals surface area contributed by atoms with Crippen LogP contribution < -0.4 is 5.32 Å². The predicted octanol–water partition coefficient (Wildman–Crippen LogP) is 4.78. The lowest BCUT2D eigenvalue weighted by Crippen LogP contribution is -2.55. The molecule has 0 bridgehead atoms. The molecule has 0 amide bonds. The molecule has 3 heteroatoms. The molecule has 0 spiro atoms. The standard InChI is InChI=1S/C24H41NO2/c1-2-3-4-5-6-7-10-21-13-15-22(16-14-21)17-18-24(19-26,20-27)25-23-11-8-9-12-23/h13-16,23,25-27H,2-12,17-20H2,1H3. The van der Waals surface area contributed by atoms with Crippen molar-refractivity contribution in [2.45, 2.75) is 102 Å². The maximum atomic E-state index is 9.91. The fourth-order valence-electron chi connectivity index (χ4n) is 4.24. The zero-order valence-corrected chi connectivity index (χ0v) is 17.4. The van der Waals surface area contributed by atoms with Gasteiger partial charge in [0.15, 0.2) is 0 Å². The summed E-state index contributed by atoms with van der Waals surface area (Å²) in [7, 11) is 0. The van der Waals surface area contributed by atoms with E-state index in [2.05, 4.69) is 36.5 Å². The van der Waals surface area contributed by atoms with E-state index in [1.165, 1.54) is 68.9 Å². The molecule has 2 rings (SSSR count). The molecule has 1 aromatic rings. The zero-order chi connectivity index (χ0) is 19.4. The first-order valence-corrected chi connectivity index (χ1v) is 11.3. The van der Waals surface area contributed by atoms with E-state index in [1.807, 2.05) is 0 Å². The molecule has 0 unspecified atom stereocenters. The Hall–Kier alpha value is -0.900. The number of hydrogen-bond acceptors (Lipinski definition) is 3. The highest BCUT2D eigenvalue weighted by atomic mass is 16.3. The van der Waals surface area contributed by atoms with Crippen LogP contribution in [0.5, 0.6) is 0 Å². The molecule has 1 aromatic carbocycles. The smallest absolute Gasteiger partial charge is 0.0653 e. The van der Waals surface area contributed by atoms with Crippen molar-refractivity contribution in [3.05, 3.63) is 35.4 Å². The lowest BCUT2D eigenvalue weighted by molar-refractivity contribution is 0.0746. The molecule has 0 saturated heterocycles. The highest BCUT2D eigenvalue weighted by Crippen LogP contribution is 2.23. The van der Waals surface area contributed by atoms with Crippen LogP contribution in [0.1, 0.15) is 88.7 Å². The SMILES string of the molecule is CCCCCCCCc1ccc(CCC(CO)(CO)NC2CCCC2)cc1. The molecule has 1 fully saturated rings. The minimum Gasteiger partial charge on any atom is -0.394 e. The molecule has 1 aliphatic carbocycles. The number of rotatable bonds is 14. The molecular weight excluding hydrogens is 334 g/mol. The summed E-state index contributed by atoms with van der Waals surface area (Å²) < 4.78 is 0. The molecule has 0 aromatic heterocycles. The van der Waals surface area contributed by atoms with Gasteiger partial charge in [-0.1, -0.05) is 76.1 Å². The van der Waals surface area contributed by atoms with Gasteiger partial charge in [0, 0.05) is 6.04 Å². The number of nitrogens with one attached hydrogen (secondary N) is 1. The van der Waals surface area contributed by atoms with Crippen LogP contribution in [0.3, 0.4) is 0 Å². The molecule has 1 aliphatic rings. The maximum absolute atomic E-state index is 9.91. The second-order valence-corrected chi connectivity index (χ2v) is 8.56. The van der Waals surface area contributed by atoms with Crippen LogP contribution in [0, 0.1) is 0 Å². The van der Waals surface area contributed by atoms with Crippen LogP contribution in [-0.2, 0) is 12.8 Å². The van der Waals surface area contributed by atoms with Crippen LogP contribution in [0.25, 0.3) is 0 Å². The highest BCUT2D eigenvalue weighted by molar-refractivity contribution is 5.23. The Labute approximate surface area is 166 Å². The monoisotopic (exact) mass is 375 g/mol. The summed E-state index contributed by atoms with van der Waals surface area (Å²) in [5, 5.41) is 23.4. The topological polar surface area (TPSA) is 52.5 Å². The molecule has 1 saturated carbocycles. The summed E-state index contributed by atoms with van der Waals surface area (Å²) in [5.41, 5.74) is 2.17. The largest absolute Gasteiger partial charge is 0.394 e. The predicted molar refractivity (Wildman–Crippen MR) is 114 cm³/mol. The van der Waals surface area contributed by atoms with E-state index < -0.39 is 5.54 Å². The van der Waals surface area contributed by atoms with Gasteiger partial charge in [0.05, 0.1) is 18.8 Å². The number of aryl methyl sites for hydroxylation is 2. The first-order chi connectivity index (χ1) is 13.2. The average molecular weight is 376 g/mol. The Kier molecular flexibility index (Phi) is 10.4. The summed E-state index contributed by atoms with van der Waals surface area (Å²) in [6.45, 7) is 2.25. The van der Waals surface area contributed by atoms with Crippen molar-refractivity contribution in [3.8, 4) is 0 Å². The van der Waals surface area contributed by atoms with Gasteiger partial charge in [0.2, 0.25) is 0 Å². The van der Waals surface area contributed by atoms with Crippen molar-refractivity contribution in [3.63, 3.8) is 0 Å². The molecule has 27 heavy (non-hydrogen) atoms. The van der Waals surface area contributed by atoms with E-state index in [-0.39, 0.29) is 13.2 Å². The summed E-state index contributed by atoms with van der Waals surface area (Å²) in [6, 6.07) is 9.41. The van der Waals surface area contributed by atoms with Gasteiger partial charge in [-0.3, -0.25) is 0 Å². The van der Waals surface area contributed by atoms with Crippen LogP contribution in [0.15, 0.2) is 24.3 Å². The van der Waals surface area contributed by atoms with Crippen molar-refractivity contribution >= 4 is 0 Å². The fraction of sp³-hybridized carbons (Fsp3) is 0.750. The Morgan fingerprint density at radius 2 is 1.41 bits per heavy atom. The summed E-state index contributed by atoms with van der Waals surface area (Å²) in [4.78, 5) is 0. The summed E-state index contributed by atoms with van der Waals surface area (Å²) in [6.07, 6.45) is 15.7. The third kappa shape index (κ3) is 7.93. The van der Waals surface area contributed by atoms with Gasteiger partial charge in [-0.15, -0.1) is 0 Å². The number of unbranched alkanes of at least 4 members (excludes halogenated alkanes) is 5. The first kappa shape index (κ1) is 22.4. The highest BCUT2D eigenvalue weighted by Gasteiger charge is 2.32. The van der Waals surface area contributed by atoms with Crippen LogP contribution in [0.2, 0.25) is 0 Å². The van der Waals surface area contributed by atoms with E-state index in [9.17, 15) is 10.2 Å². The fourth-order valence-corrected chi connectivity index (χ4v) is 4.24. The van der Waals surface area contributed by atoms with Crippen molar-refractivity contribution in [2.24, 2.45) is 0 Å². The number of aliphatic hydroxyl groups is 2. The minimum absolute atomic E-state index is 0.00385. The molecule has 0 heterocycles. The van der Waals surface area contributed by atoms with E-state index >= 15 is 0 Å². The van der Waals surface area contributed by atoms with Gasteiger partial charge >= 0.3 is 0 Å². The quantitative estimate of drug-likeness (QED) is 0.410. The van der Waals surface area contributed by atoms with Crippen LogP contribution >= 0.6 is 0 Å². The lowest BCUT2D eigenvalue weighted by atomic mass is 9.91. The van der Waals surface area contributed by atoms with Crippen molar-refractivity contribution < 1.29 is 10.2 Å². The van der Waals surface area contributed by atoms with Crippen molar-refractivity contribution in [1.82, 2.24) is 5.32 Å². The molecule has 3 nitrogen and oxygen atoms in total. The molecule has 0 atom stereocenters. The van der Waals surface area contributed by atoms with Crippen LogP contribution in [0.4, 0.5) is 0 Å². The Morgan fingerprint density at radius 1 is 0.852 bits per heavy atom. The normalized spacial score (nSPS) is 15.5. The van der Waals surface area contributed by atoms with Crippen molar-refractivity contribution in [2.75, 3.05) is 13.2 Å². The van der Waals surface area contributed by atoms with E-state index in [0.717, 1.165) is 25.7 Å². The Bertz CT molecular complexity index is 490. The molecule has 154 valence electrons. The molecule has 3 N–H and O–H groups in total. The number of aliphatic hydroxyl groups excluding tert-OH is 2. The molecular formula is C24H41NO2. The van der Waals surface area contributed by atoms with Gasteiger partial charge in [-0.2, -0.15) is 0 Å². The van der Waals surface area contributed by atoms with Gasteiger partial charge < -0.3 is 15.5 Å². The number of benzene rings is 1. The zero-order valence-electron chi connectivity index (χ0n) is 17.4. The molecule has 0 aliphatic heterocycles. The third-order valence-electron chi connectivity index (χ3n) is 6.21. The average Bonchev–Trinajstić information content (AvgIpc) is 3.22. The summed E-state index contributed by atoms with van der Waals surface area (Å²) in [5.74, 6) is 0. The third-order valence-corrected chi connectivity index (χ3v) is 6.21. The maximum Gasteiger partial charge on any atom is 0.0653 e. The van der Waals surface area contributed by atoms with E-state index in [1.54, 1.807) is 0 Å². The van der Waals surface area contributed by atoms with E-state index in [4.69, 9.17) is 0 Å². The number of hydrogen-bond donors (Lipinski definition) is 3. The first-order valence-electron chi connectivity index (χ1n) is 11.3. The molecule has 0 radical (unpaired) electrons. The Balaban J connectivity index is 1.75. The summed E-state index contributed by atoms with van der Waals surface area (Å²) >= 11 is 0. The van der Waals surface area contributed by atoms with Gasteiger partial charge in [-0.05, 0) is 49.7 Å².